The van der Waals surface area contributed by atoms with Gasteiger partial charge in [0, 0.05) is 30.6 Å². The summed E-state index contributed by atoms with van der Waals surface area (Å²) in [6, 6.07) is 30.1. The van der Waals surface area contributed by atoms with Crippen LogP contribution in [0.1, 0.15) is 47.1 Å². The van der Waals surface area contributed by atoms with E-state index in [9.17, 15) is 19.8 Å². The van der Waals surface area contributed by atoms with E-state index in [1.165, 1.54) is 11.1 Å². The van der Waals surface area contributed by atoms with Crippen molar-refractivity contribution in [3.05, 3.63) is 119 Å². The van der Waals surface area contributed by atoms with E-state index in [1.807, 2.05) is 41.3 Å². The number of fused-ring (bicyclic) bond motifs is 1. The van der Waals surface area contributed by atoms with Gasteiger partial charge >= 0.3 is 0 Å². The van der Waals surface area contributed by atoms with Crippen LogP contribution >= 0.6 is 0 Å². The van der Waals surface area contributed by atoms with Crippen molar-refractivity contribution in [3.8, 4) is 17.2 Å². The van der Waals surface area contributed by atoms with E-state index in [2.05, 4.69) is 65.0 Å². The summed E-state index contributed by atoms with van der Waals surface area (Å²) in [4.78, 5) is 29.4. The minimum Gasteiger partial charge on any atom is -0.508 e. The molecule has 4 aromatic rings. The molecule has 2 amide bonds. The SMILES string of the molecule is CN1CCC(c2ccccc2)(c2cc(CCOCCC(=O)N(CCNCCc3ccc(O)c4c3OCC(=O)N4)CCc3ccccc3)ccc2O)CC1. The van der Waals surface area contributed by atoms with Crippen molar-refractivity contribution in [2.75, 3.05) is 71.5 Å². The number of amides is 2. The first kappa shape index (κ1) is 37.8. The number of carbonyl (C=O) groups excluding carboxylic acids is 2. The summed E-state index contributed by atoms with van der Waals surface area (Å²) in [5, 5.41) is 27.4. The molecule has 0 bridgehead atoms. The Kier molecular flexibility index (Phi) is 13.0. The first-order valence-electron chi connectivity index (χ1n) is 18.8. The van der Waals surface area contributed by atoms with Gasteiger partial charge in [-0.1, -0.05) is 78.9 Å². The number of carbonyl (C=O) groups is 2. The van der Waals surface area contributed by atoms with Crippen LogP contribution in [0.5, 0.6) is 17.2 Å². The summed E-state index contributed by atoms with van der Waals surface area (Å²) >= 11 is 0. The minimum absolute atomic E-state index is 0.0180. The Morgan fingerprint density at radius 1 is 0.868 bits per heavy atom. The molecule has 4 aromatic carbocycles. The number of hydrogen-bond acceptors (Lipinski definition) is 8. The molecule has 6 rings (SSSR count). The van der Waals surface area contributed by atoms with Crippen molar-refractivity contribution in [1.29, 1.82) is 0 Å². The normalized spacial score (nSPS) is 15.3. The Labute approximate surface area is 312 Å². The van der Waals surface area contributed by atoms with Crippen molar-refractivity contribution in [3.63, 3.8) is 0 Å². The maximum atomic E-state index is 13.5. The zero-order chi connectivity index (χ0) is 37.0. The summed E-state index contributed by atoms with van der Waals surface area (Å²) in [5.41, 5.74) is 5.48. The molecule has 0 atom stereocenters. The van der Waals surface area contributed by atoms with Crippen LogP contribution in [0.3, 0.4) is 0 Å². The third-order valence-corrected chi connectivity index (χ3v) is 10.6. The predicted octanol–water partition coefficient (Wildman–Crippen LogP) is 5.29. The zero-order valence-electron chi connectivity index (χ0n) is 30.7. The summed E-state index contributed by atoms with van der Waals surface area (Å²) in [5.74, 6) is 0.585. The molecule has 2 aliphatic heterocycles. The van der Waals surface area contributed by atoms with Crippen LogP contribution in [0.25, 0.3) is 0 Å². The Bertz CT molecular complexity index is 1810. The van der Waals surface area contributed by atoms with Gasteiger partial charge in [0.1, 0.15) is 17.2 Å². The predicted molar refractivity (Wildman–Crippen MR) is 207 cm³/mol. The van der Waals surface area contributed by atoms with Crippen LogP contribution in [0.4, 0.5) is 5.69 Å². The van der Waals surface area contributed by atoms with Crippen LogP contribution in [-0.2, 0) is 39.0 Å². The van der Waals surface area contributed by atoms with E-state index in [1.54, 1.807) is 12.1 Å². The lowest BCUT2D eigenvalue weighted by atomic mass is 9.67. The van der Waals surface area contributed by atoms with E-state index >= 15 is 0 Å². The van der Waals surface area contributed by atoms with Crippen molar-refractivity contribution < 1.29 is 29.3 Å². The highest BCUT2D eigenvalue weighted by molar-refractivity contribution is 5.97. The molecule has 10 heteroatoms. The number of hydrogen-bond donors (Lipinski definition) is 4. The first-order chi connectivity index (χ1) is 25.8. The van der Waals surface area contributed by atoms with Crippen molar-refractivity contribution in [2.24, 2.45) is 0 Å². The molecule has 0 spiro atoms. The lowest BCUT2D eigenvalue weighted by molar-refractivity contribution is -0.132. The maximum absolute atomic E-state index is 13.5. The number of benzene rings is 4. The Morgan fingerprint density at radius 2 is 1.60 bits per heavy atom. The average Bonchev–Trinajstić information content (AvgIpc) is 3.18. The van der Waals surface area contributed by atoms with Crippen LogP contribution < -0.4 is 15.4 Å². The average molecular weight is 721 g/mol. The van der Waals surface area contributed by atoms with Crippen molar-refractivity contribution >= 4 is 17.5 Å². The molecular weight excluding hydrogens is 668 g/mol. The number of likely N-dealkylation sites (tertiary alicyclic amines) is 1. The van der Waals surface area contributed by atoms with E-state index in [0.717, 1.165) is 49.0 Å². The monoisotopic (exact) mass is 720 g/mol. The van der Waals surface area contributed by atoms with Crippen LogP contribution in [-0.4, -0.2) is 98.0 Å². The van der Waals surface area contributed by atoms with Crippen LogP contribution in [0.2, 0.25) is 0 Å². The molecule has 10 nitrogen and oxygen atoms in total. The van der Waals surface area contributed by atoms with Gasteiger partial charge < -0.3 is 40.1 Å². The maximum Gasteiger partial charge on any atom is 0.262 e. The van der Waals surface area contributed by atoms with E-state index in [0.29, 0.717) is 75.8 Å². The molecule has 53 heavy (non-hydrogen) atoms. The van der Waals surface area contributed by atoms with Crippen LogP contribution in [0, 0.1) is 0 Å². The number of nitrogens with one attached hydrogen (secondary N) is 2. The standard InChI is InChI=1S/C43H52N4O6/c1-46-25-20-43(21-26-46,35-10-6-3-7-11-35)36-30-33(12-14-37(36)48)18-28-52-29-19-40(51)47(24-17-32-8-4-2-5-9-32)27-23-44-22-16-34-13-15-38(49)41-42(34)53-31-39(50)45-41/h2-15,30,44,48-49H,16-29,31H2,1H3,(H,45,50). The quantitative estimate of drug-likeness (QED) is 0.0858. The fraction of sp³-hybridized carbons (Fsp3) is 0.395. The third-order valence-electron chi connectivity index (χ3n) is 10.6. The summed E-state index contributed by atoms with van der Waals surface area (Å²) in [7, 11) is 2.15. The number of anilines is 1. The molecule has 2 aliphatic rings. The second-order valence-corrected chi connectivity index (χ2v) is 14.1. The van der Waals surface area contributed by atoms with Crippen molar-refractivity contribution in [2.45, 2.75) is 43.9 Å². The van der Waals surface area contributed by atoms with Crippen molar-refractivity contribution in [1.82, 2.24) is 15.1 Å². The van der Waals surface area contributed by atoms with Gasteiger partial charge in [-0.3, -0.25) is 9.59 Å². The fourth-order valence-corrected chi connectivity index (χ4v) is 7.45. The second-order valence-electron chi connectivity index (χ2n) is 14.1. The molecule has 1 saturated heterocycles. The Morgan fingerprint density at radius 3 is 2.38 bits per heavy atom. The van der Waals surface area contributed by atoms with Gasteiger partial charge in [0.15, 0.2) is 12.4 Å². The van der Waals surface area contributed by atoms with E-state index < -0.39 is 0 Å². The Balaban J connectivity index is 0.997. The number of nitrogens with zero attached hydrogens (tertiary/aromatic N) is 2. The molecule has 1 fully saturated rings. The molecule has 280 valence electrons. The van der Waals surface area contributed by atoms with Gasteiger partial charge in [0.2, 0.25) is 5.91 Å². The highest BCUT2D eigenvalue weighted by Crippen LogP contribution is 2.45. The van der Waals surface area contributed by atoms with Gasteiger partial charge in [0.25, 0.3) is 5.91 Å². The van der Waals surface area contributed by atoms with Gasteiger partial charge in [-0.25, -0.2) is 0 Å². The van der Waals surface area contributed by atoms with E-state index in [4.69, 9.17) is 9.47 Å². The molecule has 0 aromatic heterocycles. The van der Waals surface area contributed by atoms with Gasteiger partial charge in [-0.05, 0) is 93.2 Å². The number of ether oxygens (including phenoxy) is 2. The fourth-order valence-electron chi connectivity index (χ4n) is 7.45. The third kappa shape index (κ3) is 9.75. The summed E-state index contributed by atoms with van der Waals surface area (Å²) < 4.78 is 11.6. The summed E-state index contributed by atoms with van der Waals surface area (Å²) in [6.45, 7) is 5.09. The molecule has 0 saturated carbocycles. The number of aromatic hydroxyl groups is 2. The Hall–Kier alpha value is -4.90. The van der Waals surface area contributed by atoms with E-state index in [-0.39, 0.29) is 29.6 Å². The smallest absolute Gasteiger partial charge is 0.262 e. The van der Waals surface area contributed by atoms with Gasteiger partial charge in [0.05, 0.1) is 19.6 Å². The zero-order valence-corrected chi connectivity index (χ0v) is 30.7. The highest BCUT2D eigenvalue weighted by atomic mass is 16.5. The summed E-state index contributed by atoms with van der Waals surface area (Å²) in [6.07, 6.45) is 4.26. The number of rotatable bonds is 17. The highest BCUT2D eigenvalue weighted by Gasteiger charge is 2.39. The second kappa shape index (κ2) is 18.2. The van der Waals surface area contributed by atoms with Gasteiger partial charge in [-0.15, -0.1) is 0 Å². The number of phenols is 2. The largest absolute Gasteiger partial charge is 0.508 e. The molecule has 0 unspecified atom stereocenters. The molecule has 4 N–H and O–H groups in total. The van der Waals surface area contributed by atoms with Gasteiger partial charge in [-0.2, -0.15) is 0 Å². The van der Waals surface area contributed by atoms with Crippen LogP contribution in [0.15, 0.2) is 91.0 Å². The minimum atomic E-state index is -0.292. The molecule has 2 heterocycles. The number of phenolic OH excluding ortho intramolecular Hbond substituents is 2. The lowest BCUT2D eigenvalue weighted by Crippen LogP contribution is -2.41. The lowest BCUT2D eigenvalue weighted by Gasteiger charge is -2.42. The molecule has 0 aliphatic carbocycles. The first-order valence-corrected chi connectivity index (χ1v) is 18.8. The topological polar surface area (TPSA) is 124 Å². The molecule has 0 radical (unpaired) electrons. The number of piperidine rings is 1. The molecular formula is C43H52N4O6.